The molecule has 0 radical (unpaired) electrons. The highest BCUT2D eigenvalue weighted by atomic mass is 16.5. The molecule has 1 aromatic rings. The number of rotatable bonds is 8. The number of nitrogens with zero attached hydrogens (tertiary/aromatic N) is 2. The molecule has 1 aromatic heterocycles. The lowest BCUT2D eigenvalue weighted by atomic mass is 10.2. The minimum Gasteiger partial charge on any atom is -0.383 e. The fourth-order valence-corrected chi connectivity index (χ4v) is 1.33. The minimum absolute atomic E-state index is 0.153. The smallest absolute Gasteiger partial charge is 0.130 e. The van der Waals surface area contributed by atoms with Crippen LogP contribution in [0.3, 0.4) is 0 Å². The molecule has 0 fully saturated rings. The van der Waals surface area contributed by atoms with Crippen LogP contribution in [0.15, 0.2) is 12.4 Å². The van der Waals surface area contributed by atoms with Gasteiger partial charge in [0.05, 0.1) is 12.7 Å². The predicted octanol–water partition coefficient (Wildman–Crippen LogP) is 0.790. The first-order valence-electron chi connectivity index (χ1n) is 5.78. The molecule has 5 heteroatoms. The van der Waals surface area contributed by atoms with Gasteiger partial charge in [0.25, 0.3) is 0 Å². The third kappa shape index (κ3) is 5.72. The van der Waals surface area contributed by atoms with Crippen LogP contribution >= 0.6 is 0 Å². The highest BCUT2D eigenvalue weighted by Crippen LogP contribution is 2.00. The molecule has 1 heterocycles. The molecule has 5 nitrogen and oxygen atoms in total. The van der Waals surface area contributed by atoms with Gasteiger partial charge in [-0.25, -0.2) is 9.97 Å². The van der Waals surface area contributed by atoms with Gasteiger partial charge in [-0.15, -0.1) is 0 Å². The van der Waals surface area contributed by atoms with E-state index in [1.54, 1.807) is 14.2 Å². The van der Waals surface area contributed by atoms with Crippen LogP contribution in [0.25, 0.3) is 0 Å². The normalized spacial score (nSPS) is 12.6. The van der Waals surface area contributed by atoms with Crippen LogP contribution in [0, 0.1) is 0 Å². The molecule has 0 saturated carbocycles. The van der Waals surface area contributed by atoms with E-state index in [0.717, 1.165) is 30.9 Å². The summed E-state index contributed by atoms with van der Waals surface area (Å²) < 4.78 is 10.1. The maximum atomic E-state index is 5.17. The Morgan fingerprint density at radius 1 is 1.29 bits per heavy atom. The molecule has 0 spiro atoms. The molecule has 0 saturated heterocycles. The quantitative estimate of drug-likeness (QED) is 0.680. The molecular formula is C12H21N3O2. The molecule has 0 aromatic carbocycles. The van der Waals surface area contributed by atoms with Gasteiger partial charge in [0.15, 0.2) is 0 Å². The lowest BCUT2D eigenvalue weighted by molar-refractivity contribution is 0.117. The molecule has 0 bridgehead atoms. The Hall–Kier alpha value is -1.04. The molecular weight excluding hydrogens is 218 g/mol. The topological polar surface area (TPSA) is 56.3 Å². The van der Waals surface area contributed by atoms with Gasteiger partial charge >= 0.3 is 0 Å². The maximum absolute atomic E-state index is 5.17. The summed E-state index contributed by atoms with van der Waals surface area (Å²) in [4.78, 5) is 8.61. The lowest BCUT2D eigenvalue weighted by Crippen LogP contribution is -2.19. The molecule has 96 valence electrons. The monoisotopic (exact) mass is 239 g/mol. The molecule has 1 N–H and O–H groups in total. The maximum Gasteiger partial charge on any atom is 0.130 e. The van der Waals surface area contributed by atoms with Crippen LogP contribution in [0.1, 0.15) is 18.3 Å². The zero-order valence-corrected chi connectivity index (χ0v) is 10.8. The van der Waals surface area contributed by atoms with E-state index in [4.69, 9.17) is 9.47 Å². The second-order valence-electron chi connectivity index (χ2n) is 3.93. The number of hydrogen-bond acceptors (Lipinski definition) is 5. The highest BCUT2D eigenvalue weighted by Gasteiger charge is 2.04. The van der Waals surface area contributed by atoms with Crippen LogP contribution in [0.2, 0.25) is 0 Å². The lowest BCUT2D eigenvalue weighted by Gasteiger charge is -2.08. The van der Waals surface area contributed by atoms with E-state index in [-0.39, 0.29) is 6.10 Å². The van der Waals surface area contributed by atoms with Crippen molar-refractivity contribution < 1.29 is 9.47 Å². The van der Waals surface area contributed by atoms with E-state index >= 15 is 0 Å². The molecule has 0 amide bonds. The first-order valence-corrected chi connectivity index (χ1v) is 5.78. The summed E-state index contributed by atoms with van der Waals surface area (Å²) >= 11 is 0. The van der Waals surface area contributed by atoms with Gasteiger partial charge in [0.2, 0.25) is 0 Å². The number of aromatic nitrogens is 2. The zero-order valence-electron chi connectivity index (χ0n) is 10.8. The summed E-state index contributed by atoms with van der Waals surface area (Å²) in [7, 11) is 3.38. The second-order valence-corrected chi connectivity index (χ2v) is 3.93. The second kappa shape index (κ2) is 8.11. The van der Waals surface area contributed by atoms with Crippen molar-refractivity contribution in [3.63, 3.8) is 0 Å². The molecule has 0 aliphatic carbocycles. The molecule has 0 aliphatic heterocycles. The standard InChI is InChI=1S/C12H21N3O2/c1-10(17-3)6-12-14-8-11(9-15-12)7-13-4-5-16-2/h8-10,13H,4-7H2,1-3H3. The predicted molar refractivity (Wildman–Crippen MR) is 65.8 cm³/mol. The summed E-state index contributed by atoms with van der Waals surface area (Å²) in [5.74, 6) is 0.819. The van der Waals surface area contributed by atoms with E-state index in [0.29, 0.717) is 6.61 Å². The summed E-state index contributed by atoms with van der Waals surface area (Å²) in [6.07, 6.45) is 4.60. The fraction of sp³-hybridized carbons (Fsp3) is 0.667. The average molecular weight is 239 g/mol. The third-order valence-electron chi connectivity index (χ3n) is 2.44. The first kappa shape index (κ1) is 14.0. The number of methoxy groups -OCH3 is 2. The largest absolute Gasteiger partial charge is 0.383 e. The van der Waals surface area contributed by atoms with Gasteiger partial charge in [-0.2, -0.15) is 0 Å². The number of nitrogens with one attached hydrogen (secondary N) is 1. The average Bonchev–Trinajstić information content (AvgIpc) is 2.36. The van der Waals surface area contributed by atoms with Gasteiger partial charge in [0, 0.05) is 51.7 Å². The Morgan fingerprint density at radius 2 is 2.00 bits per heavy atom. The SMILES string of the molecule is COCCNCc1cnc(CC(C)OC)nc1. The summed E-state index contributed by atoms with van der Waals surface area (Å²) in [5.41, 5.74) is 1.08. The summed E-state index contributed by atoms with van der Waals surface area (Å²) in [5, 5.41) is 3.24. The minimum atomic E-state index is 0.153. The van der Waals surface area contributed by atoms with Crippen LogP contribution in [0.4, 0.5) is 0 Å². The van der Waals surface area contributed by atoms with Crippen molar-refractivity contribution in [1.29, 1.82) is 0 Å². The van der Waals surface area contributed by atoms with E-state index in [1.807, 2.05) is 19.3 Å². The van der Waals surface area contributed by atoms with Gasteiger partial charge < -0.3 is 14.8 Å². The van der Waals surface area contributed by atoms with E-state index in [2.05, 4.69) is 15.3 Å². The van der Waals surface area contributed by atoms with E-state index in [1.165, 1.54) is 0 Å². The van der Waals surface area contributed by atoms with Crippen LogP contribution in [0.5, 0.6) is 0 Å². The van der Waals surface area contributed by atoms with Crippen molar-refractivity contribution in [2.75, 3.05) is 27.4 Å². The van der Waals surface area contributed by atoms with Crippen molar-refractivity contribution in [3.05, 3.63) is 23.8 Å². The van der Waals surface area contributed by atoms with E-state index in [9.17, 15) is 0 Å². The van der Waals surface area contributed by atoms with Crippen LogP contribution in [-0.2, 0) is 22.4 Å². The Labute approximate surface area is 103 Å². The molecule has 17 heavy (non-hydrogen) atoms. The van der Waals surface area contributed by atoms with Crippen molar-refractivity contribution >= 4 is 0 Å². The zero-order chi connectivity index (χ0) is 12.5. The van der Waals surface area contributed by atoms with Gasteiger partial charge in [-0.05, 0) is 6.92 Å². The molecule has 1 atom stereocenters. The van der Waals surface area contributed by atoms with Crippen molar-refractivity contribution in [2.45, 2.75) is 26.0 Å². The van der Waals surface area contributed by atoms with Gasteiger partial charge in [0.1, 0.15) is 5.82 Å². The van der Waals surface area contributed by atoms with Gasteiger partial charge in [-0.1, -0.05) is 0 Å². The van der Waals surface area contributed by atoms with Crippen molar-refractivity contribution in [3.8, 4) is 0 Å². The van der Waals surface area contributed by atoms with Gasteiger partial charge in [-0.3, -0.25) is 0 Å². The Balaban J connectivity index is 2.34. The molecule has 0 aliphatic rings. The summed E-state index contributed by atoms with van der Waals surface area (Å²) in [6, 6.07) is 0. The first-order chi connectivity index (χ1) is 8.26. The van der Waals surface area contributed by atoms with Crippen molar-refractivity contribution in [2.24, 2.45) is 0 Å². The van der Waals surface area contributed by atoms with Crippen molar-refractivity contribution in [1.82, 2.24) is 15.3 Å². The van der Waals surface area contributed by atoms with E-state index < -0.39 is 0 Å². The molecule has 1 unspecified atom stereocenters. The van der Waals surface area contributed by atoms with Crippen LogP contribution in [-0.4, -0.2) is 43.4 Å². The third-order valence-corrected chi connectivity index (χ3v) is 2.44. The Bertz CT molecular complexity index is 303. The molecule has 1 rings (SSSR count). The Morgan fingerprint density at radius 3 is 2.59 bits per heavy atom. The van der Waals surface area contributed by atoms with Crippen LogP contribution < -0.4 is 5.32 Å². The highest BCUT2D eigenvalue weighted by molar-refractivity contribution is 5.05. The number of hydrogen-bond donors (Lipinski definition) is 1. The Kier molecular flexibility index (Phi) is 6.69. The summed E-state index contributed by atoms with van der Waals surface area (Å²) in [6.45, 7) is 4.32. The number of ether oxygens (including phenoxy) is 2. The fourth-order valence-electron chi connectivity index (χ4n) is 1.33.